The van der Waals surface area contributed by atoms with Gasteiger partial charge in [0.2, 0.25) is 0 Å². The number of rotatable bonds is 6. The van der Waals surface area contributed by atoms with Crippen LogP contribution in [0.1, 0.15) is 54.0 Å². The van der Waals surface area contributed by atoms with Crippen molar-refractivity contribution >= 4 is 17.5 Å². The average molecular weight is 398 g/mol. The predicted molar refractivity (Wildman–Crippen MR) is 108 cm³/mol. The molecule has 1 fully saturated rings. The van der Waals surface area contributed by atoms with Gasteiger partial charge in [-0.05, 0) is 36.6 Å². The molecule has 1 aromatic carbocycles. The first kappa shape index (κ1) is 18.8. The zero-order valence-corrected chi connectivity index (χ0v) is 16.5. The van der Waals surface area contributed by atoms with Gasteiger partial charge in [0.15, 0.2) is 5.76 Å². The van der Waals surface area contributed by atoms with E-state index in [1.165, 1.54) is 6.42 Å². The molecular weight excluding hydrogens is 374 g/mol. The third kappa shape index (κ3) is 4.14. The van der Waals surface area contributed by atoms with E-state index in [2.05, 4.69) is 9.55 Å². The minimum atomic E-state index is -0.0656. The topological polar surface area (TPSA) is 51.3 Å². The van der Waals surface area contributed by atoms with Gasteiger partial charge in [-0.25, -0.2) is 4.98 Å². The molecule has 28 heavy (non-hydrogen) atoms. The molecule has 1 saturated carbocycles. The summed E-state index contributed by atoms with van der Waals surface area (Å²) < 4.78 is 7.45. The maximum absolute atomic E-state index is 13.1. The lowest BCUT2D eigenvalue weighted by atomic mass is 9.94. The van der Waals surface area contributed by atoms with Crippen molar-refractivity contribution in [2.45, 2.75) is 51.2 Å². The van der Waals surface area contributed by atoms with Gasteiger partial charge >= 0.3 is 0 Å². The molecule has 1 aliphatic rings. The van der Waals surface area contributed by atoms with E-state index in [-0.39, 0.29) is 11.9 Å². The van der Waals surface area contributed by atoms with Crippen LogP contribution >= 0.6 is 11.6 Å². The first-order valence-corrected chi connectivity index (χ1v) is 10.2. The van der Waals surface area contributed by atoms with E-state index in [4.69, 9.17) is 16.0 Å². The summed E-state index contributed by atoms with van der Waals surface area (Å²) in [6.07, 6.45) is 10.9. The SMILES string of the molecule is O=C(c1ccco1)N(Cc1nccn1Cc1ccccc1Cl)C1CCCCC1. The van der Waals surface area contributed by atoms with E-state index in [9.17, 15) is 4.79 Å². The lowest BCUT2D eigenvalue weighted by Gasteiger charge is -2.33. The molecule has 2 aromatic heterocycles. The molecule has 0 atom stereocenters. The monoisotopic (exact) mass is 397 g/mol. The molecule has 0 aliphatic heterocycles. The molecule has 0 saturated heterocycles. The maximum atomic E-state index is 13.1. The van der Waals surface area contributed by atoms with E-state index in [1.807, 2.05) is 35.4 Å². The van der Waals surface area contributed by atoms with E-state index >= 15 is 0 Å². The molecule has 4 rings (SSSR count). The summed E-state index contributed by atoms with van der Waals surface area (Å²) in [6, 6.07) is 11.5. The number of aromatic nitrogens is 2. The Morgan fingerprint density at radius 1 is 1.18 bits per heavy atom. The van der Waals surface area contributed by atoms with Gasteiger partial charge in [0.25, 0.3) is 5.91 Å². The number of hydrogen-bond donors (Lipinski definition) is 0. The van der Waals surface area contributed by atoms with E-state index in [0.29, 0.717) is 18.8 Å². The number of carbonyl (C=O) groups is 1. The number of imidazole rings is 1. The lowest BCUT2D eigenvalue weighted by Crippen LogP contribution is -2.41. The van der Waals surface area contributed by atoms with Crippen molar-refractivity contribution in [3.05, 3.63) is 77.2 Å². The van der Waals surface area contributed by atoms with Crippen molar-refractivity contribution in [2.24, 2.45) is 0 Å². The Hall–Kier alpha value is -2.53. The molecule has 0 N–H and O–H groups in total. The number of amides is 1. The van der Waals surface area contributed by atoms with Gasteiger partial charge in [-0.1, -0.05) is 49.1 Å². The summed E-state index contributed by atoms with van der Waals surface area (Å²) in [5.74, 6) is 1.17. The number of hydrogen-bond acceptors (Lipinski definition) is 3. The van der Waals surface area contributed by atoms with Crippen LogP contribution in [0.15, 0.2) is 59.5 Å². The van der Waals surface area contributed by atoms with Crippen LogP contribution in [-0.4, -0.2) is 26.4 Å². The fourth-order valence-electron chi connectivity index (χ4n) is 3.90. The number of halogens is 1. The van der Waals surface area contributed by atoms with Crippen LogP contribution in [0.5, 0.6) is 0 Å². The molecule has 146 valence electrons. The quantitative estimate of drug-likeness (QED) is 0.577. The molecule has 5 nitrogen and oxygen atoms in total. The van der Waals surface area contributed by atoms with E-state index in [1.54, 1.807) is 24.6 Å². The van der Waals surface area contributed by atoms with Crippen LogP contribution in [0.2, 0.25) is 5.02 Å². The first-order chi connectivity index (χ1) is 13.7. The van der Waals surface area contributed by atoms with Gasteiger partial charge in [0, 0.05) is 23.5 Å². The molecule has 1 amide bonds. The predicted octanol–water partition coefficient (Wildman–Crippen LogP) is 5.15. The van der Waals surface area contributed by atoms with Crippen molar-refractivity contribution in [3.8, 4) is 0 Å². The largest absolute Gasteiger partial charge is 0.459 e. The van der Waals surface area contributed by atoms with Crippen LogP contribution in [0, 0.1) is 0 Å². The molecule has 0 bridgehead atoms. The highest BCUT2D eigenvalue weighted by Crippen LogP contribution is 2.26. The van der Waals surface area contributed by atoms with E-state index < -0.39 is 0 Å². The van der Waals surface area contributed by atoms with E-state index in [0.717, 1.165) is 42.1 Å². The normalized spacial score (nSPS) is 14.9. The third-order valence-corrected chi connectivity index (χ3v) is 5.79. The second kappa shape index (κ2) is 8.65. The van der Waals surface area contributed by atoms with Gasteiger partial charge < -0.3 is 13.9 Å². The maximum Gasteiger partial charge on any atom is 0.290 e. The van der Waals surface area contributed by atoms with Crippen LogP contribution in [0.3, 0.4) is 0 Å². The third-order valence-electron chi connectivity index (χ3n) is 5.42. The Balaban J connectivity index is 1.58. The highest BCUT2D eigenvalue weighted by Gasteiger charge is 2.29. The minimum absolute atomic E-state index is 0.0656. The molecule has 0 unspecified atom stereocenters. The molecular formula is C22H24ClN3O2. The van der Waals surface area contributed by atoms with Crippen LogP contribution in [-0.2, 0) is 13.1 Å². The Kier molecular flexibility index (Phi) is 5.81. The number of carbonyl (C=O) groups excluding carboxylic acids is 1. The highest BCUT2D eigenvalue weighted by atomic mass is 35.5. The molecule has 2 heterocycles. The zero-order chi connectivity index (χ0) is 19.3. The Morgan fingerprint density at radius 3 is 2.75 bits per heavy atom. The van der Waals surface area contributed by atoms with Crippen molar-refractivity contribution in [3.63, 3.8) is 0 Å². The van der Waals surface area contributed by atoms with Crippen molar-refractivity contribution in [2.75, 3.05) is 0 Å². The first-order valence-electron chi connectivity index (χ1n) is 9.80. The Morgan fingerprint density at radius 2 is 2.00 bits per heavy atom. The number of furan rings is 1. The summed E-state index contributed by atoms with van der Waals surface area (Å²) in [4.78, 5) is 19.6. The standard InChI is InChI=1S/C22H24ClN3O2/c23-19-10-5-4-7-17(19)15-25-13-12-24-21(25)16-26(18-8-2-1-3-9-18)22(27)20-11-6-14-28-20/h4-7,10-14,18H,1-3,8-9,15-16H2. The molecule has 0 spiro atoms. The lowest BCUT2D eigenvalue weighted by molar-refractivity contribution is 0.0572. The molecule has 0 radical (unpaired) electrons. The zero-order valence-electron chi connectivity index (χ0n) is 15.8. The summed E-state index contributed by atoms with van der Waals surface area (Å²) in [5.41, 5.74) is 1.03. The van der Waals surface area contributed by atoms with Gasteiger partial charge in [-0.15, -0.1) is 0 Å². The summed E-state index contributed by atoms with van der Waals surface area (Å²) >= 11 is 6.33. The highest BCUT2D eigenvalue weighted by molar-refractivity contribution is 6.31. The van der Waals surface area contributed by atoms with Crippen molar-refractivity contribution < 1.29 is 9.21 Å². The van der Waals surface area contributed by atoms with Crippen LogP contribution < -0.4 is 0 Å². The molecule has 3 aromatic rings. The smallest absolute Gasteiger partial charge is 0.290 e. The second-order valence-corrected chi connectivity index (χ2v) is 7.67. The molecule has 1 aliphatic carbocycles. The minimum Gasteiger partial charge on any atom is -0.459 e. The average Bonchev–Trinajstić information content (AvgIpc) is 3.40. The van der Waals surface area contributed by atoms with Crippen LogP contribution in [0.4, 0.5) is 0 Å². The summed E-state index contributed by atoms with van der Waals surface area (Å²) in [5, 5.41) is 0.734. The summed E-state index contributed by atoms with van der Waals surface area (Å²) in [6.45, 7) is 1.09. The number of benzene rings is 1. The fourth-order valence-corrected chi connectivity index (χ4v) is 4.09. The van der Waals surface area contributed by atoms with Gasteiger partial charge in [0.05, 0.1) is 19.4 Å². The van der Waals surface area contributed by atoms with Crippen LogP contribution in [0.25, 0.3) is 0 Å². The van der Waals surface area contributed by atoms with Crippen molar-refractivity contribution in [1.82, 2.24) is 14.5 Å². The fraction of sp³-hybridized carbons (Fsp3) is 0.364. The van der Waals surface area contributed by atoms with Gasteiger partial charge in [-0.3, -0.25) is 4.79 Å². The Labute approximate surface area is 169 Å². The number of nitrogens with zero attached hydrogens (tertiary/aromatic N) is 3. The molecule has 6 heteroatoms. The Bertz CT molecular complexity index is 914. The van der Waals surface area contributed by atoms with Gasteiger partial charge in [-0.2, -0.15) is 0 Å². The second-order valence-electron chi connectivity index (χ2n) is 7.26. The summed E-state index contributed by atoms with van der Waals surface area (Å²) in [7, 11) is 0. The van der Waals surface area contributed by atoms with Gasteiger partial charge in [0.1, 0.15) is 5.82 Å². The van der Waals surface area contributed by atoms with Crippen molar-refractivity contribution in [1.29, 1.82) is 0 Å².